The van der Waals surface area contributed by atoms with Crippen LogP contribution in [0.3, 0.4) is 0 Å². The van der Waals surface area contributed by atoms with Gasteiger partial charge in [0.1, 0.15) is 22.2 Å². The van der Waals surface area contributed by atoms with Crippen molar-refractivity contribution in [3.05, 3.63) is 79.3 Å². The fraction of sp³-hybridized carbons (Fsp3) is 0. The van der Waals surface area contributed by atoms with Crippen LogP contribution in [0, 0.1) is 11.6 Å². The number of benzene rings is 2. The highest BCUT2D eigenvalue weighted by molar-refractivity contribution is 9.10. The van der Waals surface area contributed by atoms with Crippen LogP contribution < -0.4 is 15.4 Å². The number of anilines is 1. The maximum atomic E-state index is 13.7. The van der Waals surface area contributed by atoms with Crippen LogP contribution in [-0.4, -0.2) is 16.9 Å². The number of halogens is 6. The van der Waals surface area contributed by atoms with Crippen molar-refractivity contribution in [3.63, 3.8) is 0 Å². The van der Waals surface area contributed by atoms with Crippen LogP contribution in [0.5, 0.6) is 11.6 Å². The zero-order valence-corrected chi connectivity index (χ0v) is 18.8. The molecule has 12 heteroatoms. The van der Waals surface area contributed by atoms with Gasteiger partial charge in [0.15, 0.2) is 5.75 Å². The summed E-state index contributed by atoms with van der Waals surface area (Å²) in [6.45, 7) is 0. The Bertz CT molecular complexity index is 1150. The molecule has 0 saturated heterocycles. The summed E-state index contributed by atoms with van der Waals surface area (Å²) >= 11 is 21.6. The number of nitrogens with zero attached hydrogens (tertiary/aromatic N) is 1. The van der Waals surface area contributed by atoms with Gasteiger partial charge in [-0.15, -0.1) is 0 Å². The Hall–Kier alpha value is -2.46. The standard InChI is InChI=1S/C19H9BrCl3F2N3O3/c20-8-4-12(23)18(26-7-8)31-16-10(21)5-9(6-11(16)22)27-19(30)28-17(29)15-13(24)2-1-3-14(15)25/h1-7H,(H2,27,28,29,30). The van der Waals surface area contributed by atoms with Gasteiger partial charge in [-0.3, -0.25) is 10.1 Å². The fourth-order valence-electron chi connectivity index (χ4n) is 2.35. The van der Waals surface area contributed by atoms with E-state index in [4.69, 9.17) is 39.5 Å². The SMILES string of the molecule is O=C(NC(=O)c1c(F)cccc1F)Nc1cc(Cl)c(Oc2ncc(Br)cc2Cl)c(Cl)c1. The van der Waals surface area contributed by atoms with E-state index in [0.29, 0.717) is 4.47 Å². The molecule has 0 spiro atoms. The Kier molecular flexibility index (Phi) is 7.32. The molecule has 2 N–H and O–H groups in total. The molecule has 1 aromatic heterocycles. The van der Waals surface area contributed by atoms with Gasteiger partial charge >= 0.3 is 6.03 Å². The van der Waals surface area contributed by atoms with Crippen molar-refractivity contribution in [1.82, 2.24) is 10.3 Å². The number of ether oxygens (including phenoxy) is 1. The molecule has 2 aromatic carbocycles. The summed E-state index contributed by atoms with van der Waals surface area (Å²) in [6.07, 6.45) is 1.46. The zero-order valence-electron chi connectivity index (χ0n) is 15.0. The maximum absolute atomic E-state index is 13.7. The Morgan fingerprint density at radius 3 is 2.19 bits per heavy atom. The molecule has 0 fully saturated rings. The molecular weight excluding hydrogens is 542 g/mol. The topological polar surface area (TPSA) is 80.3 Å². The van der Waals surface area contributed by atoms with Crippen LogP contribution in [0.4, 0.5) is 19.3 Å². The van der Waals surface area contributed by atoms with Crippen LogP contribution in [-0.2, 0) is 0 Å². The van der Waals surface area contributed by atoms with Crippen molar-refractivity contribution in [2.75, 3.05) is 5.32 Å². The highest BCUT2D eigenvalue weighted by atomic mass is 79.9. The molecule has 0 aliphatic rings. The minimum Gasteiger partial charge on any atom is -0.434 e. The highest BCUT2D eigenvalue weighted by Crippen LogP contribution is 2.40. The molecule has 3 aromatic rings. The van der Waals surface area contributed by atoms with Crippen LogP contribution in [0.25, 0.3) is 0 Å². The second-order valence-electron chi connectivity index (χ2n) is 5.82. The van der Waals surface area contributed by atoms with Gasteiger partial charge in [-0.1, -0.05) is 40.9 Å². The number of urea groups is 1. The van der Waals surface area contributed by atoms with Gasteiger partial charge in [0, 0.05) is 16.4 Å². The maximum Gasteiger partial charge on any atom is 0.326 e. The first-order valence-corrected chi connectivity index (χ1v) is 10.1. The van der Waals surface area contributed by atoms with E-state index < -0.39 is 29.1 Å². The lowest BCUT2D eigenvalue weighted by Gasteiger charge is -2.13. The van der Waals surface area contributed by atoms with Crippen molar-refractivity contribution in [1.29, 1.82) is 0 Å². The summed E-state index contributed by atoms with van der Waals surface area (Å²) in [5, 5.41) is 4.29. The monoisotopic (exact) mass is 549 g/mol. The molecule has 0 saturated carbocycles. The van der Waals surface area contributed by atoms with Crippen LogP contribution in [0.2, 0.25) is 15.1 Å². The summed E-state index contributed by atoms with van der Waals surface area (Å²) in [4.78, 5) is 28.0. The van der Waals surface area contributed by atoms with Crippen LogP contribution >= 0.6 is 50.7 Å². The lowest BCUT2D eigenvalue weighted by Crippen LogP contribution is -2.35. The molecule has 0 radical (unpaired) electrons. The molecule has 3 amide bonds. The number of aromatic nitrogens is 1. The molecule has 1 heterocycles. The number of pyridine rings is 1. The molecule has 0 bridgehead atoms. The van der Waals surface area contributed by atoms with Crippen LogP contribution in [0.1, 0.15) is 10.4 Å². The number of carbonyl (C=O) groups is 2. The molecular formula is C19H9BrCl3F2N3O3. The normalized spacial score (nSPS) is 10.5. The second kappa shape index (κ2) is 9.78. The van der Waals surface area contributed by atoms with E-state index in [1.54, 1.807) is 6.07 Å². The van der Waals surface area contributed by atoms with E-state index in [1.807, 2.05) is 5.32 Å². The predicted molar refractivity (Wildman–Crippen MR) is 116 cm³/mol. The Labute approximate surface area is 197 Å². The van der Waals surface area contributed by atoms with Crippen molar-refractivity contribution >= 4 is 68.4 Å². The van der Waals surface area contributed by atoms with Gasteiger partial charge < -0.3 is 10.1 Å². The van der Waals surface area contributed by atoms with Crippen molar-refractivity contribution in [2.45, 2.75) is 0 Å². The summed E-state index contributed by atoms with van der Waals surface area (Å²) in [5.74, 6) is -3.42. The quantitative estimate of drug-likeness (QED) is 0.372. The minimum atomic E-state index is -1.26. The van der Waals surface area contributed by atoms with E-state index >= 15 is 0 Å². The number of rotatable bonds is 4. The summed E-state index contributed by atoms with van der Waals surface area (Å²) in [7, 11) is 0. The third-order valence-corrected chi connectivity index (χ3v) is 4.91. The van der Waals surface area contributed by atoms with Crippen molar-refractivity contribution in [3.8, 4) is 11.6 Å². The molecule has 0 aliphatic heterocycles. The molecule has 6 nitrogen and oxygen atoms in total. The average molecular weight is 552 g/mol. The number of hydrogen-bond donors (Lipinski definition) is 2. The number of imide groups is 1. The third-order valence-electron chi connectivity index (χ3n) is 3.65. The molecule has 160 valence electrons. The molecule has 3 rings (SSSR count). The molecule has 31 heavy (non-hydrogen) atoms. The van der Waals surface area contributed by atoms with Gasteiger partial charge in [0.2, 0.25) is 5.88 Å². The highest BCUT2D eigenvalue weighted by Gasteiger charge is 2.20. The zero-order chi connectivity index (χ0) is 22.7. The lowest BCUT2D eigenvalue weighted by molar-refractivity contribution is 0.0959. The summed E-state index contributed by atoms with van der Waals surface area (Å²) in [5.41, 5.74) is -0.812. The largest absolute Gasteiger partial charge is 0.434 e. The molecule has 0 aliphatic carbocycles. The Morgan fingerprint density at radius 1 is 1.00 bits per heavy atom. The van der Waals surface area contributed by atoms with Gasteiger partial charge in [0.05, 0.1) is 10.0 Å². The van der Waals surface area contributed by atoms with E-state index in [-0.39, 0.29) is 32.4 Å². The Morgan fingerprint density at radius 2 is 1.61 bits per heavy atom. The van der Waals surface area contributed by atoms with Gasteiger partial charge in [0.25, 0.3) is 5.91 Å². The van der Waals surface area contributed by atoms with Crippen molar-refractivity contribution < 1.29 is 23.1 Å². The lowest BCUT2D eigenvalue weighted by atomic mass is 10.2. The average Bonchev–Trinajstić information content (AvgIpc) is 2.65. The van der Waals surface area contributed by atoms with E-state index in [0.717, 1.165) is 18.2 Å². The second-order valence-corrected chi connectivity index (χ2v) is 7.95. The summed E-state index contributed by atoms with van der Waals surface area (Å²) in [6, 6.07) is 5.92. The predicted octanol–water partition coefficient (Wildman–Crippen LogP) is 6.84. The molecule has 0 atom stereocenters. The number of nitrogens with one attached hydrogen (secondary N) is 2. The molecule has 0 unspecified atom stereocenters. The third kappa shape index (κ3) is 5.62. The van der Waals surface area contributed by atoms with E-state index in [9.17, 15) is 18.4 Å². The summed E-state index contributed by atoms with van der Waals surface area (Å²) < 4.78 is 33.5. The number of amides is 3. The van der Waals surface area contributed by atoms with Crippen molar-refractivity contribution in [2.24, 2.45) is 0 Å². The first-order chi connectivity index (χ1) is 14.7. The minimum absolute atomic E-state index is 0.00457. The van der Waals surface area contributed by atoms with Gasteiger partial charge in [-0.05, 0) is 46.3 Å². The van der Waals surface area contributed by atoms with Gasteiger partial charge in [-0.2, -0.15) is 0 Å². The smallest absolute Gasteiger partial charge is 0.326 e. The van der Waals surface area contributed by atoms with E-state index in [1.165, 1.54) is 18.3 Å². The fourth-order valence-corrected chi connectivity index (χ4v) is 3.58. The van der Waals surface area contributed by atoms with E-state index in [2.05, 4.69) is 26.2 Å². The first-order valence-electron chi connectivity index (χ1n) is 8.20. The van der Waals surface area contributed by atoms with Crippen LogP contribution in [0.15, 0.2) is 47.1 Å². The Balaban J connectivity index is 1.74. The first kappa shape index (κ1) is 23.2. The number of carbonyl (C=O) groups excluding carboxylic acids is 2. The number of hydrogen-bond acceptors (Lipinski definition) is 4. The van der Waals surface area contributed by atoms with Gasteiger partial charge in [-0.25, -0.2) is 18.6 Å².